The molecule has 33 heavy (non-hydrogen) atoms. The molecule has 2 aromatic heterocycles. The zero-order valence-corrected chi connectivity index (χ0v) is 18.3. The van der Waals surface area contributed by atoms with Crippen molar-refractivity contribution in [2.75, 3.05) is 18.4 Å². The van der Waals surface area contributed by atoms with Crippen LogP contribution in [0.3, 0.4) is 0 Å². The van der Waals surface area contributed by atoms with Crippen molar-refractivity contribution in [2.24, 2.45) is 0 Å². The van der Waals surface area contributed by atoms with E-state index in [0.29, 0.717) is 23.5 Å². The summed E-state index contributed by atoms with van der Waals surface area (Å²) in [6.07, 6.45) is 3.14. The molecule has 0 spiro atoms. The minimum absolute atomic E-state index is 0.160. The first-order chi connectivity index (χ1) is 16.0. The lowest BCUT2D eigenvalue weighted by molar-refractivity contribution is -0.116. The van der Waals surface area contributed by atoms with Crippen LogP contribution in [0.5, 0.6) is 0 Å². The Kier molecular flexibility index (Phi) is 6.35. The minimum Gasteiger partial charge on any atom is -0.459 e. The first-order valence-electron chi connectivity index (χ1n) is 10.5. The monoisotopic (exact) mass is 446 g/mol. The average molecular weight is 446 g/mol. The third-order valence-corrected chi connectivity index (χ3v) is 5.20. The van der Waals surface area contributed by atoms with Gasteiger partial charge in [0.2, 0.25) is 11.9 Å². The van der Waals surface area contributed by atoms with Crippen molar-refractivity contribution in [1.29, 1.82) is 0 Å². The Balaban J connectivity index is 1.62. The Morgan fingerprint density at radius 3 is 2.58 bits per heavy atom. The third kappa shape index (κ3) is 4.85. The molecule has 0 unspecified atom stereocenters. The van der Waals surface area contributed by atoms with Gasteiger partial charge >= 0.3 is 0 Å². The number of furan rings is 1. The summed E-state index contributed by atoms with van der Waals surface area (Å²) in [5.74, 6) is -0.792. The molecule has 4 aromatic rings. The summed E-state index contributed by atoms with van der Waals surface area (Å²) in [6, 6.07) is 17.4. The number of imidazole rings is 1. The van der Waals surface area contributed by atoms with E-state index in [4.69, 9.17) is 4.42 Å². The SMILES string of the molecule is CCN(CC(=O)Nc1nc(-c2ccccc2)cn1-c1ccc(C)c(F)c1)C(=O)c1ccco1. The van der Waals surface area contributed by atoms with E-state index < -0.39 is 5.91 Å². The van der Waals surface area contributed by atoms with E-state index in [2.05, 4.69) is 10.3 Å². The van der Waals surface area contributed by atoms with Crippen LogP contribution in [0.2, 0.25) is 0 Å². The van der Waals surface area contributed by atoms with Gasteiger partial charge in [0.1, 0.15) is 12.4 Å². The van der Waals surface area contributed by atoms with Gasteiger partial charge in [-0.2, -0.15) is 0 Å². The van der Waals surface area contributed by atoms with Gasteiger partial charge in [-0.25, -0.2) is 9.37 Å². The van der Waals surface area contributed by atoms with Crippen molar-refractivity contribution >= 4 is 17.8 Å². The number of benzene rings is 2. The number of nitrogens with one attached hydrogen (secondary N) is 1. The van der Waals surface area contributed by atoms with Crippen molar-refractivity contribution in [1.82, 2.24) is 14.5 Å². The van der Waals surface area contributed by atoms with Gasteiger partial charge in [-0.15, -0.1) is 0 Å². The van der Waals surface area contributed by atoms with Gasteiger partial charge < -0.3 is 9.32 Å². The number of anilines is 1. The van der Waals surface area contributed by atoms with Gasteiger partial charge in [-0.3, -0.25) is 19.5 Å². The third-order valence-electron chi connectivity index (χ3n) is 5.20. The minimum atomic E-state index is -0.434. The molecule has 0 aliphatic carbocycles. The van der Waals surface area contributed by atoms with Crippen molar-refractivity contribution in [3.63, 3.8) is 0 Å². The number of likely N-dealkylation sites (N-methyl/N-ethyl adjacent to an activating group) is 1. The summed E-state index contributed by atoms with van der Waals surface area (Å²) in [4.78, 5) is 31.3. The van der Waals surface area contributed by atoms with E-state index in [0.717, 1.165) is 5.56 Å². The van der Waals surface area contributed by atoms with Gasteiger partial charge in [-0.05, 0) is 43.7 Å². The summed E-state index contributed by atoms with van der Waals surface area (Å²) in [6.45, 7) is 3.59. The van der Waals surface area contributed by atoms with E-state index in [1.54, 1.807) is 48.9 Å². The van der Waals surface area contributed by atoms with Gasteiger partial charge in [0.25, 0.3) is 5.91 Å². The maximum Gasteiger partial charge on any atom is 0.290 e. The Bertz CT molecular complexity index is 1270. The number of halogens is 1. The molecule has 1 N–H and O–H groups in total. The Morgan fingerprint density at radius 1 is 1.12 bits per heavy atom. The highest BCUT2D eigenvalue weighted by Gasteiger charge is 2.21. The Labute approximate surface area is 190 Å². The lowest BCUT2D eigenvalue weighted by Gasteiger charge is -2.19. The van der Waals surface area contributed by atoms with Crippen molar-refractivity contribution < 1.29 is 18.4 Å². The number of hydrogen-bond donors (Lipinski definition) is 1. The highest BCUT2D eigenvalue weighted by molar-refractivity contribution is 5.97. The van der Waals surface area contributed by atoms with Crippen LogP contribution in [0.1, 0.15) is 23.0 Å². The van der Waals surface area contributed by atoms with Crippen molar-refractivity contribution in [3.8, 4) is 16.9 Å². The van der Waals surface area contributed by atoms with Crippen LogP contribution in [0.4, 0.5) is 10.3 Å². The molecule has 2 amide bonds. The molecule has 0 aliphatic rings. The fourth-order valence-corrected chi connectivity index (χ4v) is 3.37. The molecule has 168 valence electrons. The standard InChI is InChI=1S/C25H23FN4O3/c1-3-29(24(32)22-10-7-13-33-22)16-23(31)28-25-27-21(18-8-5-4-6-9-18)15-30(25)19-12-11-17(2)20(26)14-19/h4-15H,3,16H2,1-2H3,(H,27,28,31). The van der Waals surface area contributed by atoms with E-state index >= 15 is 0 Å². The number of rotatable bonds is 7. The second-order valence-electron chi connectivity index (χ2n) is 7.46. The fourth-order valence-electron chi connectivity index (χ4n) is 3.37. The quantitative estimate of drug-likeness (QED) is 0.447. The predicted octanol–water partition coefficient (Wildman–Crippen LogP) is 4.68. The van der Waals surface area contributed by atoms with Crippen molar-refractivity contribution in [3.05, 3.63) is 90.3 Å². The van der Waals surface area contributed by atoms with Gasteiger partial charge in [0, 0.05) is 18.3 Å². The number of amides is 2. The molecule has 0 radical (unpaired) electrons. The van der Waals surface area contributed by atoms with Crippen LogP contribution in [0.15, 0.2) is 77.5 Å². The molecule has 0 saturated carbocycles. The van der Waals surface area contributed by atoms with E-state index in [-0.39, 0.29) is 30.0 Å². The molecule has 0 bridgehead atoms. The summed E-state index contributed by atoms with van der Waals surface area (Å²) in [7, 11) is 0. The molecular formula is C25H23FN4O3. The lowest BCUT2D eigenvalue weighted by atomic mass is 10.2. The van der Waals surface area contributed by atoms with Crippen LogP contribution in [-0.2, 0) is 4.79 Å². The first kappa shape index (κ1) is 22.0. The average Bonchev–Trinajstić information content (AvgIpc) is 3.50. The van der Waals surface area contributed by atoms with Crippen LogP contribution in [-0.4, -0.2) is 39.4 Å². The molecule has 0 aliphatic heterocycles. The van der Waals surface area contributed by atoms with Gasteiger partial charge in [0.05, 0.1) is 17.6 Å². The summed E-state index contributed by atoms with van der Waals surface area (Å²) in [5.41, 5.74) is 2.50. The molecule has 2 aromatic carbocycles. The number of aryl methyl sites for hydroxylation is 1. The van der Waals surface area contributed by atoms with E-state index in [1.165, 1.54) is 17.2 Å². The topological polar surface area (TPSA) is 80.4 Å². The van der Waals surface area contributed by atoms with E-state index in [1.807, 2.05) is 30.3 Å². The van der Waals surface area contributed by atoms with Crippen LogP contribution in [0, 0.1) is 12.7 Å². The maximum absolute atomic E-state index is 14.3. The molecular weight excluding hydrogens is 423 g/mol. The maximum atomic E-state index is 14.3. The van der Waals surface area contributed by atoms with Gasteiger partial charge in [-0.1, -0.05) is 36.4 Å². The van der Waals surface area contributed by atoms with Crippen molar-refractivity contribution in [2.45, 2.75) is 13.8 Å². The number of carbonyl (C=O) groups is 2. The molecule has 4 rings (SSSR count). The van der Waals surface area contributed by atoms with Gasteiger partial charge in [0.15, 0.2) is 5.76 Å². The molecule has 2 heterocycles. The van der Waals surface area contributed by atoms with Crippen LogP contribution in [0.25, 0.3) is 16.9 Å². The Hall–Kier alpha value is -4.20. The number of aromatic nitrogens is 2. The molecule has 0 atom stereocenters. The second kappa shape index (κ2) is 9.52. The van der Waals surface area contributed by atoms with Crippen LogP contribution < -0.4 is 5.32 Å². The Morgan fingerprint density at radius 2 is 1.91 bits per heavy atom. The first-order valence-corrected chi connectivity index (χ1v) is 10.5. The van der Waals surface area contributed by atoms with E-state index in [9.17, 15) is 14.0 Å². The highest BCUT2D eigenvalue weighted by Crippen LogP contribution is 2.25. The summed E-state index contributed by atoms with van der Waals surface area (Å²) in [5, 5.41) is 2.76. The molecule has 0 saturated heterocycles. The zero-order chi connectivity index (χ0) is 23.4. The lowest BCUT2D eigenvalue weighted by Crippen LogP contribution is -2.38. The number of nitrogens with zero attached hydrogens (tertiary/aromatic N) is 3. The smallest absolute Gasteiger partial charge is 0.290 e. The fraction of sp³-hybridized carbons (Fsp3) is 0.160. The molecule has 0 fully saturated rings. The summed E-state index contributed by atoms with van der Waals surface area (Å²) < 4.78 is 21.0. The van der Waals surface area contributed by atoms with Crippen LogP contribution >= 0.6 is 0 Å². The predicted molar refractivity (Wildman–Crippen MR) is 123 cm³/mol. The second-order valence-corrected chi connectivity index (χ2v) is 7.46. The largest absolute Gasteiger partial charge is 0.459 e. The number of hydrogen-bond acceptors (Lipinski definition) is 4. The summed E-state index contributed by atoms with van der Waals surface area (Å²) >= 11 is 0. The molecule has 7 nitrogen and oxygen atoms in total. The normalized spacial score (nSPS) is 10.8. The highest BCUT2D eigenvalue weighted by atomic mass is 19.1. The molecule has 8 heteroatoms. The zero-order valence-electron chi connectivity index (χ0n) is 18.3. The number of carbonyl (C=O) groups excluding carboxylic acids is 2.